The van der Waals surface area contributed by atoms with E-state index in [4.69, 9.17) is 4.74 Å². The van der Waals surface area contributed by atoms with E-state index in [9.17, 15) is 4.79 Å². The van der Waals surface area contributed by atoms with Gasteiger partial charge in [0.2, 0.25) is 0 Å². The Kier molecular flexibility index (Phi) is 4.08. The maximum Gasteiger partial charge on any atom is 0.305 e. The predicted octanol–water partition coefficient (Wildman–Crippen LogP) is 1.08. The normalized spacial score (nSPS) is 22.6. The van der Waals surface area contributed by atoms with E-state index in [1.165, 1.54) is 12.8 Å². The summed E-state index contributed by atoms with van der Waals surface area (Å²) in [5.74, 6) is -0.0637. The summed E-state index contributed by atoms with van der Waals surface area (Å²) in [4.78, 5) is 10.9. The van der Waals surface area contributed by atoms with Crippen LogP contribution in [0.15, 0.2) is 0 Å². The Labute approximate surface area is 73.5 Å². The molecule has 0 unspecified atom stereocenters. The van der Waals surface area contributed by atoms with Gasteiger partial charge in [-0.15, -0.1) is 0 Å². The van der Waals surface area contributed by atoms with E-state index in [-0.39, 0.29) is 5.97 Å². The number of carbonyl (C=O) groups excluding carboxylic acids is 1. The van der Waals surface area contributed by atoms with Crippen LogP contribution in [0.5, 0.6) is 0 Å². The molecule has 0 spiro atoms. The average Bonchev–Trinajstić information content (AvgIpc) is 2.53. The van der Waals surface area contributed by atoms with Gasteiger partial charge in [0.15, 0.2) is 0 Å². The summed E-state index contributed by atoms with van der Waals surface area (Å²) in [7, 11) is 0. The highest BCUT2D eigenvalue weighted by atomic mass is 16.5. The monoisotopic (exact) mass is 171 g/mol. The van der Waals surface area contributed by atoms with E-state index in [0.29, 0.717) is 19.1 Å². The number of ether oxygens (including phenoxy) is 1. The molecule has 1 heterocycles. The summed E-state index contributed by atoms with van der Waals surface area (Å²) in [6.07, 6.45) is 3.94. The average molecular weight is 171 g/mol. The highest BCUT2D eigenvalue weighted by Gasteiger charge is 2.15. The van der Waals surface area contributed by atoms with Crippen molar-refractivity contribution in [3.63, 3.8) is 0 Å². The van der Waals surface area contributed by atoms with Gasteiger partial charge in [-0.05, 0) is 32.7 Å². The zero-order valence-electron chi connectivity index (χ0n) is 7.64. The third-order valence-electron chi connectivity index (χ3n) is 2.16. The number of rotatable bonds is 4. The molecule has 1 N–H and O–H groups in total. The van der Waals surface area contributed by atoms with E-state index in [0.717, 1.165) is 13.0 Å². The Morgan fingerprint density at radius 2 is 2.50 bits per heavy atom. The Balaban J connectivity index is 2.03. The van der Waals surface area contributed by atoms with Gasteiger partial charge in [0, 0.05) is 12.5 Å². The summed E-state index contributed by atoms with van der Waals surface area (Å²) < 4.78 is 4.83. The largest absolute Gasteiger partial charge is 0.466 e. The van der Waals surface area contributed by atoms with Crippen LogP contribution in [0.4, 0.5) is 0 Å². The quantitative estimate of drug-likeness (QED) is 0.643. The number of hydrogen-bond donors (Lipinski definition) is 1. The van der Waals surface area contributed by atoms with Crippen LogP contribution in [0.3, 0.4) is 0 Å². The van der Waals surface area contributed by atoms with Gasteiger partial charge in [0.05, 0.1) is 6.61 Å². The number of hydrogen-bond acceptors (Lipinski definition) is 3. The van der Waals surface area contributed by atoms with E-state index >= 15 is 0 Å². The van der Waals surface area contributed by atoms with Gasteiger partial charge >= 0.3 is 5.97 Å². The lowest BCUT2D eigenvalue weighted by Gasteiger charge is -2.08. The lowest BCUT2D eigenvalue weighted by molar-refractivity contribution is -0.143. The topological polar surface area (TPSA) is 38.3 Å². The van der Waals surface area contributed by atoms with E-state index in [1.807, 2.05) is 6.92 Å². The van der Waals surface area contributed by atoms with Crippen LogP contribution in [0.1, 0.15) is 32.6 Å². The molecule has 0 bridgehead atoms. The number of nitrogens with one attached hydrogen (secondary N) is 1. The molecule has 3 heteroatoms. The van der Waals surface area contributed by atoms with Gasteiger partial charge in [0.25, 0.3) is 0 Å². The highest BCUT2D eigenvalue weighted by molar-refractivity contribution is 5.69. The van der Waals surface area contributed by atoms with Crippen molar-refractivity contribution in [3.8, 4) is 0 Å². The van der Waals surface area contributed by atoms with Crippen molar-refractivity contribution in [2.24, 2.45) is 0 Å². The molecule has 0 aliphatic carbocycles. The molecule has 0 aromatic heterocycles. The van der Waals surface area contributed by atoms with Crippen molar-refractivity contribution in [2.45, 2.75) is 38.6 Å². The van der Waals surface area contributed by atoms with Crippen LogP contribution < -0.4 is 5.32 Å². The van der Waals surface area contributed by atoms with Crippen LogP contribution in [0.2, 0.25) is 0 Å². The SMILES string of the molecule is CCOC(=O)CC[C@@H]1CCCN1. The zero-order chi connectivity index (χ0) is 8.81. The highest BCUT2D eigenvalue weighted by Crippen LogP contribution is 2.10. The van der Waals surface area contributed by atoms with Gasteiger partial charge in [0.1, 0.15) is 0 Å². The minimum absolute atomic E-state index is 0.0637. The molecule has 0 aromatic carbocycles. The number of esters is 1. The maximum absolute atomic E-state index is 10.9. The van der Waals surface area contributed by atoms with E-state index in [1.54, 1.807) is 0 Å². The van der Waals surface area contributed by atoms with Crippen molar-refractivity contribution in [2.75, 3.05) is 13.2 Å². The molecule has 1 atom stereocenters. The van der Waals surface area contributed by atoms with Crippen LogP contribution in [0, 0.1) is 0 Å². The molecule has 1 rings (SSSR count). The fourth-order valence-corrected chi connectivity index (χ4v) is 1.53. The Morgan fingerprint density at radius 3 is 3.08 bits per heavy atom. The molecular formula is C9H17NO2. The van der Waals surface area contributed by atoms with Crippen molar-refractivity contribution in [1.29, 1.82) is 0 Å². The van der Waals surface area contributed by atoms with Gasteiger partial charge < -0.3 is 10.1 Å². The zero-order valence-corrected chi connectivity index (χ0v) is 7.64. The van der Waals surface area contributed by atoms with Gasteiger partial charge in [-0.25, -0.2) is 0 Å². The molecule has 1 aliphatic heterocycles. The standard InChI is InChI=1S/C9H17NO2/c1-2-12-9(11)6-5-8-4-3-7-10-8/h8,10H,2-7H2,1H3/t8-/m0/s1. The molecule has 12 heavy (non-hydrogen) atoms. The first-order valence-electron chi connectivity index (χ1n) is 4.72. The summed E-state index contributed by atoms with van der Waals surface area (Å²) in [5, 5.41) is 3.35. The molecule has 3 nitrogen and oxygen atoms in total. The Hall–Kier alpha value is -0.570. The predicted molar refractivity (Wildman–Crippen MR) is 46.9 cm³/mol. The molecule has 0 radical (unpaired) electrons. The van der Waals surface area contributed by atoms with Gasteiger partial charge in [-0.2, -0.15) is 0 Å². The summed E-state index contributed by atoms with van der Waals surface area (Å²) in [5.41, 5.74) is 0. The molecule has 1 fully saturated rings. The first kappa shape index (κ1) is 9.52. The van der Waals surface area contributed by atoms with Gasteiger partial charge in [-0.1, -0.05) is 0 Å². The summed E-state index contributed by atoms with van der Waals surface area (Å²) in [6, 6.07) is 0.550. The molecule has 70 valence electrons. The fourth-order valence-electron chi connectivity index (χ4n) is 1.53. The van der Waals surface area contributed by atoms with Crippen LogP contribution >= 0.6 is 0 Å². The maximum atomic E-state index is 10.9. The van der Waals surface area contributed by atoms with Crippen molar-refractivity contribution < 1.29 is 9.53 Å². The fraction of sp³-hybridized carbons (Fsp3) is 0.889. The molecule has 1 aliphatic rings. The Morgan fingerprint density at radius 1 is 1.67 bits per heavy atom. The minimum atomic E-state index is -0.0637. The molecular weight excluding hydrogens is 154 g/mol. The van der Waals surface area contributed by atoms with Crippen LogP contribution in [-0.4, -0.2) is 25.2 Å². The number of carbonyl (C=O) groups is 1. The van der Waals surface area contributed by atoms with Crippen molar-refractivity contribution in [3.05, 3.63) is 0 Å². The first-order valence-corrected chi connectivity index (χ1v) is 4.72. The molecule has 0 aromatic rings. The van der Waals surface area contributed by atoms with Crippen molar-refractivity contribution >= 4 is 5.97 Å². The summed E-state index contributed by atoms with van der Waals surface area (Å²) >= 11 is 0. The van der Waals surface area contributed by atoms with Gasteiger partial charge in [-0.3, -0.25) is 4.79 Å². The molecule has 1 saturated heterocycles. The molecule has 0 saturated carbocycles. The van der Waals surface area contributed by atoms with Crippen molar-refractivity contribution in [1.82, 2.24) is 5.32 Å². The van der Waals surface area contributed by atoms with Crippen LogP contribution in [-0.2, 0) is 9.53 Å². The van der Waals surface area contributed by atoms with E-state index < -0.39 is 0 Å². The third-order valence-corrected chi connectivity index (χ3v) is 2.16. The third kappa shape index (κ3) is 3.22. The minimum Gasteiger partial charge on any atom is -0.466 e. The van der Waals surface area contributed by atoms with E-state index in [2.05, 4.69) is 5.32 Å². The Bertz CT molecular complexity index is 141. The van der Waals surface area contributed by atoms with Crippen LogP contribution in [0.25, 0.3) is 0 Å². The lowest BCUT2D eigenvalue weighted by atomic mass is 10.1. The first-order chi connectivity index (χ1) is 5.83. The second-order valence-corrected chi connectivity index (χ2v) is 3.14. The second kappa shape index (κ2) is 5.14. The smallest absolute Gasteiger partial charge is 0.305 e. The lowest BCUT2D eigenvalue weighted by Crippen LogP contribution is -2.22. The second-order valence-electron chi connectivity index (χ2n) is 3.14. The molecule has 0 amide bonds. The summed E-state index contributed by atoms with van der Waals surface area (Å²) in [6.45, 7) is 3.44.